The molecule has 0 bridgehead atoms. The first kappa shape index (κ1) is 15.2. The van der Waals surface area contributed by atoms with E-state index in [0.717, 1.165) is 43.9 Å². The van der Waals surface area contributed by atoms with Gasteiger partial charge in [-0.05, 0) is 39.5 Å². The highest BCUT2D eigenvalue weighted by atomic mass is 19.1. The Morgan fingerprint density at radius 2 is 2.30 bits per heavy atom. The van der Waals surface area contributed by atoms with Gasteiger partial charge in [0.15, 0.2) is 0 Å². The second-order valence-corrected chi connectivity index (χ2v) is 5.67. The summed E-state index contributed by atoms with van der Waals surface area (Å²) in [5.41, 5.74) is 0.956. The lowest BCUT2D eigenvalue weighted by Crippen LogP contribution is -2.32. The van der Waals surface area contributed by atoms with E-state index < -0.39 is 0 Å². The summed E-state index contributed by atoms with van der Waals surface area (Å²) in [5.74, 6) is 0.671. The van der Waals surface area contributed by atoms with Crippen LogP contribution in [0.5, 0.6) is 0 Å². The van der Waals surface area contributed by atoms with Crippen molar-refractivity contribution in [3.05, 3.63) is 23.6 Å². The Hall–Kier alpha value is -1.20. The molecular weight excluding hydrogens is 255 g/mol. The van der Waals surface area contributed by atoms with E-state index in [-0.39, 0.29) is 5.82 Å². The molecule has 5 heteroatoms. The van der Waals surface area contributed by atoms with Gasteiger partial charge in [-0.1, -0.05) is 6.92 Å². The van der Waals surface area contributed by atoms with E-state index in [4.69, 9.17) is 0 Å². The molecule has 0 spiro atoms. The van der Waals surface area contributed by atoms with Gasteiger partial charge in [0.2, 0.25) is 0 Å². The zero-order valence-electron chi connectivity index (χ0n) is 12.7. The number of aromatic nitrogens is 1. The molecule has 1 aromatic heterocycles. The summed E-state index contributed by atoms with van der Waals surface area (Å²) in [7, 11) is 4.21. The largest absolute Gasteiger partial charge is 0.355 e. The van der Waals surface area contributed by atoms with Gasteiger partial charge >= 0.3 is 0 Å². The van der Waals surface area contributed by atoms with Crippen LogP contribution in [-0.2, 0) is 6.54 Å². The number of rotatable bonds is 6. The fourth-order valence-electron chi connectivity index (χ4n) is 2.64. The van der Waals surface area contributed by atoms with Crippen molar-refractivity contribution in [1.29, 1.82) is 0 Å². The highest BCUT2D eigenvalue weighted by Gasteiger charge is 2.26. The van der Waals surface area contributed by atoms with Crippen LogP contribution >= 0.6 is 0 Å². The topological polar surface area (TPSA) is 31.4 Å². The third-order valence-electron chi connectivity index (χ3n) is 3.84. The first-order valence-electron chi connectivity index (χ1n) is 7.38. The zero-order chi connectivity index (χ0) is 14.5. The smallest absolute Gasteiger partial charge is 0.141 e. The normalized spacial score (nSPS) is 19.1. The van der Waals surface area contributed by atoms with E-state index in [9.17, 15) is 4.39 Å². The molecule has 1 aliphatic heterocycles. The number of anilines is 1. The maximum Gasteiger partial charge on any atom is 0.141 e. The van der Waals surface area contributed by atoms with Gasteiger partial charge in [0.25, 0.3) is 0 Å². The summed E-state index contributed by atoms with van der Waals surface area (Å²) in [4.78, 5) is 8.84. The Morgan fingerprint density at radius 3 is 2.95 bits per heavy atom. The molecule has 1 atom stereocenters. The Balaban J connectivity index is 2.10. The number of hydrogen-bond acceptors (Lipinski definition) is 4. The predicted molar refractivity (Wildman–Crippen MR) is 80.5 cm³/mol. The summed E-state index contributed by atoms with van der Waals surface area (Å²) in [6, 6.07) is 2.16. The van der Waals surface area contributed by atoms with Crippen LogP contribution in [0.4, 0.5) is 10.2 Å². The van der Waals surface area contributed by atoms with Crippen molar-refractivity contribution in [3.63, 3.8) is 0 Å². The number of halogens is 1. The van der Waals surface area contributed by atoms with Crippen LogP contribution in [0, 0.1) is 5.82 Å². The lowest BCUT2D eigenvalue weighted by atomic mass is 10.2. The molecule has 1 unspecified atom stereocenters. The van der Waals surface area contributed by atoms with Crippen molar-refractivity contribution in [2.75, 3.05) is 38.6 Å². The first-order valence-corrected chi connectivity index (χ1v) is 7.38. The van der Waals surface area contributed by atoms with Crippen molar-refractivity contribution in [3.8, 4) is 0 Å². The second kappa shape index (κ2) is 6.99. The molecule has 1 fully saturated rings. The maximum atomic E-state index is 13.4. The van der Waals surface area contributed by atoms with E-state index in [0.29, 0.717) is 12.6 Å². The van der Waals surface area contributed by atoms with Gasteiger partial charge in [-0.25, -0.2) is 9.37 Å². The molecule has 4 nitrogen and oxygen atoms in total. The van der Waals surface area contributed by atoms with E-state index in [1.165, 1.54) is 6.20 Å². The minimum Gasteiger partial charge on any atom is -0.355 e. The van der Waals surface area contributed by atoms with Gasteiger partial charge in [-0.3, -0.25) is 0 Å². The SMILES string of the molecule is CCCNCc1cc(F)cnc1N1CCC(N(C)C)C1. The maximum absolute atomic E-state index is 13.4. The minimum absolute atomic E-state index is 0.259. The van der Waals surface area contributed by atoms with Gasteiger partial charge in [0.05, 0.1) is 6.20 Å². The molecule has 0 saturated carbocycles. The fourth-order valence-corrected chi connectivity index (χ4v) is 2.64. The van der Waals surface area contributed by atoms with Crippen LogP contribution in [0.3, 0.4) is 0 Å². The molecule has 2 heterocycles. The monoisotopic (exact) mass is 280 g/mol. The molecule has 2 rings (SSSR count). The van der Waals surface area contributed by atoms with Crippen LogP contribution in [0.15, 0.2) is 12.3 Å². The average molecular weight is 280 g/mol. The highest BCUT2D eigenvalue weighted by molar-refractivity contribution is 5.48. The summed E-state index contributed by atoms with van der Waals surface area (Å²) >= 11 is 0. The molecule has 112 valence electrons. The zero-order valence-corrected chi connectivity index (χ0v) is 12.7. The molecule has 0 aromatic carbocycles. The van der Waals surface area contributed by atoms with Crippen molar-refractivity contribution in [2.24, 2.45) is 0 Å². The quantitative estimate of drug-likeness (QED) is 0.806. The molecule has 0 amide bonds. The summed E-state index contributed by atoms with van der Waals surface area (Å²) < 4.78 is 13.4. The molecule has 20 heavy (non-hydrogen) atoms. The van der Waals surface area contributed by atoms with Crippen molar-refractivity contribution in [1.82, 2.24) is 15.2 Å². The van der Waals surface area contributed by atoms with Crippen molar-refractivity contribution < 1.29 is 4.39 Å². The molecule has 1 aliphatic rings. The van der Waals surface area contributed by atoms with Gasteiger partial charge in [-0.2, -0.15) is 0 Å². The van der Waals surface area contributed by atoms with Crippen molar-refractivity contribution in [2.45, 2.75) is 32.4 Å². The summed E-state index contributed by atoms with van der Waals surface area (Å²) in [5, 5.41) is 3.33. The number of pyridine rings is 1. The number of likely N-dealkylation sites (N-methyl/N-ethyl adjacent to an activating group) is 1. The Labute approximate surface area is 121 Å². The van der Waals surface area contributed by atoms with Crippen LogP contribution in [-0.4, -0.2) is 49.7 Å². The van der Waals surface area contributed by atoms with Crippen LogP contribution in [0.1, 0.15) is 25.3 Å². The van der Waals surface area contributed by atoms with E-state index >= 15 is 0 Å². The minimum atomic E-state index is -0.259. The van der Waals surface area contributed by atoms with Gasteiger partial charge in [0, 0.05) is 31.2 Å². The highest BCUT2D eigenvalue weighted by Crippen LogP contribution is 2.24. The second-order valence-electron chi connectivity index (χ2n) is 5.67. The number of hydrogen-bond donors (Lipinski definition) is 1. The lowest BCUT2D eigenvalue weighted by Gasteiger charge is -2.23. The number of nitrogens with one attached hydrogen (secondary N) is 1. The Morgan fingerprint density at radius 1 is 1.50 bits per heavy atom. The predicted octanol–water partition coefficient (Wildman–Crippen LogP) is 1.86. The third kappa shape index (κ3) is 3.67. The van der Waals surface area contributed by atoms with Gasteiger partial charge in [0.1, 0.15) is 11.6 Å². The van der Waals surface area contributed by atoms with E-state index in [1.807, 2.05) is 0 Å². The van der Waals surface area contributed by atoms with Crippen LogP contribution < -0.4 is 10.2 Å². The van der Waals surface area contributed by atoms with Gasteiger partial charge in [-0.15, -0.1) is 0 Å². The summed E-state index contributed by atoms with van der Waals surface area (Å²) in [6.45, 7) is 5.70. The molecule has 1 N–H and O–H groups in total. The first-order chi connectivity index (χ1) is 9.61. The summed E-state index contributed by atoms with van der Waals surface area (Å²) in [6.07, 6.45) is 3.53. The Kier molecular flexibility index (Phi) is 5.31. The van der Waals surface area contributed by atoms with Crippen molar-refractivity contribution >= 4 is 5.82 Å². The number of nitrogens with zero attached hydrogens (tertiary/aromatic N) is 3. The standard InChI is InChI=1S/C15H25FN4/c1-4-6-17-9-12-8-13(16)10-18-15(12)20-7-5-14(11-20)19(2)3/h8,10,14,17H,4-7,9,11H2,1-3H3. The average Bonchev–Trinajstić information content (AvgIpc) is 2.89. The fraction of sp³-hybridized carbons (Fsp3) is 0.667. The third-order valence-corrected chi connectivity index (χ3v) is 3.84. The molecular formula is C15H25FN4. The van der Waals surface area contributed by atoms with Crippen LogP contribution in [0.2, 0.25) is 0 Å². The van der Waals surface area contributed by atoms with E-state index in [1.54, 1.807) is 6.07 Å². The molecule has 0 radical (unpaired) electrons. The van der Waals surface area contributed by atoms with Crippen LogP contribution in [0.25, 0.3) is 0 Å². The molecule has 0 aliphatic carbocycles. The molecule has 1 saturated heterocycles. The molecule has 1 aromatic rings. The Bertz CT molecular complexity index is 436. The lowest BCUT2D eigenvalue weighted by molar-refractivity contribution is 0.315. The van der Waals surface area contributed by atoms with E-state index in [2.05, 4.69) is 41.1 Å². The van der Waals surface area contributed by atoms with Gasteiger partial charge < -0.3 is 15.1 Å².